The van der Waals surface area contributed by atoms with Crippen LogP contribution in [0.15, 0.2) is 29.5 Å². The fourth-order valence-electron chi connectivity index (χ4n) is 2.65. The SMILES string of the molecule is CCNC(=NCCCOCC1CCCO1)NCCNC(=O)c1cccnc1.I. The summed E-state index contributed by atoms with van der Waals surface area (Å²) >= 11 is 0. The summed E-state index contributed by atoms with van der Waals surface area (Å²) in [5.41, 5.74) is 0.557. The molecule has 8 nitrogen and oxygen atoms in total. The molecule has 1 atom stereocenters. The normalized spacial score (nSPS) is 16.3. The van der Waals surface area contributed by atoms with Gasteiger partial charge >= 0.3 is 0 Å². The first-order valence-electron chi connectivity index (χ1n) is 9.69. The monoisotopic (exact) mass is 505 g/mol. The van der Waals surface area contributed by atoms with Crippen LogP contribution in [0.1, 0.15) is 36.5 Å². The summed E-state index contributed by atoms with van der Waals surface area (Å²) in [6, 6.07) is 3.48. The lowest BCUT2D eigenvalue weighted by molar-refractivity contribution is 0.0171. The minimum atomic E-state index is -0.129. The van der Waals surface area contributed by atoms with Crippen molar-refractivity contribution < 1.29 is 14.3 Å². The third-order valence-electron chi connectivity index (χ3n) is 4.02. The highest BCUT2D eigenvalue weighted by molar-refractivity contribution is 14.0. The van der Waals surface area contributed by atoms with Crippen molar-refractivity contribution in [2.75, 3.05) is 46.0 Å². The Labute approximate surface area is 184 Å². The van der Waals surface area contributed by atoms with Crippen molar-refractivity contribution in [3.8, 4) is 0 Å². The standard InChI is InChI=1S/C19H31N5O3.HI/c1-2-21-19(23-9-5-12-26-15-17-7-4-13-27-17)24-11-10-22-18(25)16-6-3-8-20-14-16;/h3,6,8,14,17H,2,4-5,7,9-13,15H2,1H3,(H,22,25)(H2,21,23,24);1H. The predicted octanol–water partition coefficient (Wildman–Crippen LogP) is 1.57. The van der Waals surface area contributed by atoms with Gasteiger partial charge < -0.3 is 25.4 Å². The molecule has 28 heavy (non-hydrogen) atoms. The molecule has 1 aromatic rings. The van der Waals surface area contributed by atoms with Crippen molar-refractivity contribution in [2.24, 2.45) is 4.99 Å². The minimum absolute atomic E-state index is 0. The third kappa shape index (κ3) is 10.2. The first kappa shape index (κ1) is 24.6. The smallest absolute Gasteiger partial charge is 0.252 e. The van der Waals surface area contributed by atoms with Gasteiger partial charge in [-0.2, -0.15) is 0 Å². The molecule has 0 aliphatic carbocycles. The van der Waals surface area contributed by atoms with E-state index < -0.39 is 0 Å². The average molecular weight is 505 g/mol. The number of rotatable bonds is 11. The molecule has 1 aromatic heterocycles. The molecule has 0 saturated carbocycles. The number of carbonyl (C=O) groups is 1. The largest absolute Gasteiger partial charge is 0.379 e. The van der Waals surface area contributed by atoms with Gasteiger partial charge in [0.2, 0.25) is 0 Å². The lowest BCUT2D eigenvalue weighted by Crippen LogP contribution is -2.41. The van der Waals surface area contributed by atoms with Crippen LogP contribution in [0.2, 0.25) is 0 Å². The van der Waals surface area contributed by atoms with Crippen LogP contribution >= 0.6 is 24.0 Å². The van der Waals surface area contributed by atoms with E-state index in [-0.39, 0.29) is 36.0 Å². The molecule has 2 heterocycles. The maximum absolute atomic E-state index is 11.9. The molecule has 1 unspecified atom stereocenters. The molecule has 1 aliphatic heterocycles. The summed E-state index contributed by atoms with van der Waals surface area (Å²) in [6.45, 7) is 6.80. The van der Waals surface area contributed by atoms with Crippen LogP contribution in [0.3, 0.4) is 0 Å². The molecule has 158 valence electrons. The highest BCUT2D eigenvalue weighted by atomic mass is 127. The zero-order valence-electron chi connectivity index (χ0n) is 16.5. The Morgan fingerprint density at radius 1 is 1.36 bits per heavy atom. The molecule has 1 aliphatic rings. The number of aromatic nitrogens is 1. The average Bonchev–Trinajstić information content (AvgIpc) is 3.21. The number of hydrogen-bond acceptors (Lipinski definition) is 5. The molecule has 0 spiro atoms. The summed E-state index contributed by atoms with van der Waals surface area (Å²) < 4.78 is 11.2. The van der Waals surface area contributed by atoms with Crippen LogP contribution in [0.25, 0.3) is 0 Å². The Balaban J connectivity index is 0.00000392. The summed E-state index contributed by atoms with van der Waals surface area (Å²) in [7, 11) is 0. The van der Waals surface area contributed by atoms with E-state index in [1.165, 1.54) is 0 Å². The van der Waals surface area contributed by atoms with Gasteiger partial charge in [0.1, 0.15) is 0 Å². The Morgan fingerprint density at radius 2 is 2.21 bits per heavy atom. The van der Waals surface area contributed by atoms with Crippen molar-refractivity contribution in [3.63, 3.8) is 0 Å². The van der Waals surface area contributed by atoms with Gasteiger partial charge in [0.05, 0.1) is 18.3 Å². The number of nitrogens with one attached hydrogen (secondary N) is 3. The molecule has 9 heteroatoms. The molecule has 0 aromatic carbocycles. The van der Waals surface area contributed by atoms with E-state index in [2.05, 4.69) is 25.9 Å². The Bertz CT molecular complexity index is 568. The maximum atomic E-state index is 11.9. The number of guanidine groups is 1. The van der Waals surface area contributed by atoms with Gasteiger partial charge in [-0.05, 0) is 38.3 Å². The number of hydrogen-bond donors (Lipinski definition) is 3. The zero-order chi connectivity index (χ0) is 19.2. The number of carbonyl (C=O) groups excluding carboxylic acids is 1. The molecular formula is C19H32IN5O3. The van der Waals surface area contributed by atoms with Crippen molar-refractivity contribution in [2.45, 2.75) is 32.3 Å². The lowest BCUT2D eigenvalue weighted by Gasteiger charge is -2.12. The van der Waals surface area contributed by atoms with E-state index in [0.717, 1.165) is 38.4 Å². The van der Waals surface area contributed by atoms with Crippen molar-refractivity contribution in [1.29, 1.82) is 0 Å². The van der Waals surface area contributed by atoms with Crippen molar-refractivity contribution in [3.05, 3.63) is 30.1 Å². The molecular weight excluding hydrogens is 473 g/mol. The van der Waals surface area contributed by atoms with E-state index in [1.807, 2.05) is 6.92 Å². The van der Waals surface area contributed by atoms with Gasteiger partial charge in [0, 0.05) is 51.8 Å². The number of pyridine rings is 1. The van der Waals surface area contributed by atoms with Gasteiger partial charge in [-0.15, -0.1) is 24.0 Å². The van der Waals surface area contributed by atoms with Crippen LogP contribution in [-0.2, 0) is 9.47 Å². The van der Waals surface area contributed by atoms with E-state index in [9.17, 15) is 4.79 Å². The summed E-state index contributed by atoms with van der Waals surface area (Å²) in [5.74, 6) is 0.613. The van der Waals surface area contributed by atoms with E-state index in [4.69, 9.17) is 9.47 Å². The molecule has 2 rings (SSSR count). The zero-order valence-corrected chi connectivity index (χ0v) is 18.8. The second kappa shape index (κ2) is 15.5. The lowest BCUT2D eigenvalue weighted by atomic mass is 10.2. The topological polar surface area (TPSA) is 96.9 Å². The van der Waals surface area contributed by atoms with Crippen molar-refractivity contribution >= 4 is 35.8 Å². The molecule has 3 N–H and O–H groups in total. The first-order valence-corrected chi connectivity index (χ1v) is 9.69. The second-order valence-electron chi connectivity index (χ2n) is 6.25. The fourth-order valence-corrected chi connectivity index (χ4v) is 2.65. The summed E-state index contributed by atoms with van der Waals surface area (Å²) in [5, 5.41) is 9.26. The minimum Gasteiger partial charge on any atom is -0.379 e. The van der Waals surface area contributed by atoms with Crippen LogP contribution < -0.4 is 16.0 Å². The number of amides is 1. The summed E-state index contributed by atoms with van der Waals surface area (Å²) in [4.78, 5) is 20.4. The fraction of sp³-hybridized carbons (Fsp3) is 0.632. The number of halogens is 1. The van der Waals surface area contributed by atoms with Crippen LogP contribution in [0.5, 0.6) is 0 Å². The Morgan fingerprint density at radius 3 is 2.93 bits per heavy atom. The predicted molar refractivity (Wildman–Crippen MR) is 120 cm³/mol. The highest BCUT2D eigenvalue weighted by Crippen LogP contribution is 2.11. The first-order chi connectivity index (χ1) is 13.3. The van der Waals surface area contributed by atoms with Crippen LogP contribution in [0, 0.1) is 0 Å². The van der Waals surface area contributed by atoms with E-state index >= 15 is 0 Å². The Hall–Kier alpha value is -1.46. The Kier molecular flexibility index (Phi) is 13.6. The van der Waals surface area contributed by atoms with Crippen LogP contribution in [-0.4, -0.2) is 69.0 Å². The van der Waals surface area contributed by atoms with Gasteiger partial charge in [0.15, 0.2) is 5.96 Å². The number of nitrogens with zero attached hydrogens (tertiary/aromatic N) is 2. The van der Waals surface area contributed by atoms with E-state index in [0.29, 0.717) is 38.4 Å². The molecule has 1 fully saturated rings. The van der Waals surface area contributed by atoms with E-state index in [1.54, 1.807) is 24.5 Å². The number of ether oxygens (including phenoxy) is 2. The molecule has 0 bridgehead atoms. The number of aliphatic imine (C=N–C) groups is 1. The van der Waals surface area contributed by atoms with Crippen molar-refractivity contribution in [1.82, 2.24) is 20.9 Å². The van der Waals surface area contributed by atoms with Gasteiger partial charge in [-0.3, -0.25) is 14.8 Å². The summed E-state index contributed by atoms with van der Waals surface area (Å²) in [6.07, 6.45) is 6.57. The second-order valence-corrected chi connectivity index (χ2v) is 6.25. The maximum Gasteiger partial charge on any atom is 0.252 e. The third-order valence-corrected chi connectivity index (χ3v) is 4.02. The van der Waals surface area contributed by atoms with Gasteiger partial charge in [-0.1, -0.05) is 0 Å². The van der Waals surface area contributed by atoms with Gasteiger partial charge in [0.25, 0.3) is 5.91 Å². The van der Waals surface area contributed by atoms with Crippen LogP contribution in [0.4, 0.5) is 0 Å². The highest BCUT2D eigenvalue weighted by Gasteiger charge is 2.14. The van der Waals surface area contributed by atoms with Gasteiger partial charge in [-0.25, -0.2) is 0 Å². The molecule has 1 amide bonds. The molecule has 0 radical (unpaired) electrons. The molecule has 1 saturated heterocycles. The quantitative estimate of drug-likeness (QED) is 0.183.